The van der Waals surface area contributed by atoms with Crippen LogP contribution in [0.15, 0.2) is 47.4 Å². The highest BCUT2D eigenvalue weighted by Gasteiger charge is 2.33. The van der Waals surface area contributed by atoms with Crippen molar-refractivity contribution in [3.63, 3.8) is 0 Å². The Labute approximate surface area is 207 Å². The first-order valence-electron chi connectivity index (χ1n) is 12.4. The summed E-state index contributed by atoms with van der Waals surface area (Å²) in [6, 6.07) is 12.3. The van der Waals surface area contributed by atoms with E-state index < -0.39 is 10.0 Å². The van der Waals surface area contributed by atoms with Gasteiger partial charge in [-0.15, -0.1) is 0 Å². The number of methoxy groups -OCH3 is 1. The van der Waals surface area contributed by atoms with Gasteiger partial charge in [-0.2, -0.15) is 0 Å². The van der Waals surface area contributed by atoms with Crippen molar-refractivity contribution >= 4 is 21.6 Å². The van der Waals surface area contributed by atoms with Gasteiger partial charge in [0, 0.05) is 51.4 Å². The van der Waals surface area contributed by atoms with Crippen LogP contribution in [0.3, 0.4) is 0 Å². The molecule has 0 N–H and O–H groups in total. The molecule has 2 fully saturated rings. The number of amides is 1. The zero-order valence-corrected chi connectivity index (χ0v) is 21.0. The van der Waals surface area contributed by atoms with E-state index in [0.717, 1.165) is 57.5 Å². The number of para-hydroxylation sites is 1. The van der Waals surface area contributed by atoms with Crippen LogP contribution in [0, 0.1) is 0 Å². The van der Waals surface area contributed by atoms with Crippen molar-refractivity contribution in [2.24, 2.45) is 0 Å². The van der Waals surface area contributed by atoms with E-state index in [1.807, 2.05) is 24.3 Å². The first kappa shape index (κ1) is 24.1. The number of carbonyl (C=O) groups is 1. The van der Waals surface area contributed by atoms with Crippen molar-refractivity contribution in [3.8, 4) is 5.75 Å². The third kappa shape index (κ3) is 4.90. The Morgan fingerprint density at radius 3 is 2.60 bits per heavy atom. The van der Waals surface area contributed by atoms with Gasteiger partial charge >= 0.3 is 0 Å². The summed E-state index contributed by atoms with van der Waals surface area (Å²) >= 11 is 0. The van der Waals surface area contributed by atoms with Crippen LogP contribution in [0.1, 0.15) is 35.2 Å². The SMILES string of the molecule is COc1ccc(C(=O)N2CCN(C[C@H]3CCCO3)CC2)cc1S(=O)(=O)N1CCCc2ccccc21. The minimum atomic E-state index is -3.91. The van der Waals surface area contributed by atoms with Crippen molar-refractivity contribution in [2.45, 2.75) is 36.7 Å². The molecular formula is C26H33N3O5S. The van der Waals surface area contributed by atoms with E-state index in [9.17, 15) is 13.2 Å². The fourth-order valence-corrected chi connectivity index (χ4v) is 7.00. The monoisotopic (exact) mass is 499 g/mol. The van der Waals surface area contributed by atoms with Crippen LogP contribution in [0.4, 0.5) is 5.69 Å². The number of hydrogen-bond acceptors (Lipinski definition) is 6. The Hall–Kier alpha value is -2.62. The zero-order valence-electron chi connectivity index (χ0n) is 20.2. The van der Waals surface area contributed by atoms with Gasteiger partial charge in [-0.1, -0.05) is 18.2 Å². The van der Waals surface area contributed by atoms with Gasteiger partial charge in [0.1, 0.15) is 10.6 Å². The molecule has 0 bridgehead atoms. The summed E-state index contributed by atoms with van der Waals surface area (Å²) in [6.45, 7) is 4.94. The Kier molecular flexibility index (Phi) is 7.00. The van der Waals surface area contributed by atoms with Crippen molar-refractivity contribution in [1.29, 1.82) is 0 Å². The molecule has 188 valence electrons. The molecule has 0 aliphatic carbocycles. The van der Waals surface area contributed by atoms with Gasteiger partial charge in [0.25, 0.3) is 15.9 Å². The Morgan fingerprint density at radius 1 is 1.06 bits per heavy atom. The van der Waals surface area contributed by atoms with Crippen LogP contribution >= 0.6 is 0 Å². The average molecular weight is 500 g/mol. The molecular weight excluding hydrogens is 466 g/mol. The number of nitrogens with zero attached hydrogens (tertiary/aromatic N) is 3. The number of aryl methyl sites for hydroxylation is 1. The Bertz CT molecular complexity index is 1170. The van der Waals surface area contributed by atoms with Gasteiger partial charge in [-0.3, -0.25) is 14.0 Å². The summed E-state index contributed by atoms with van der Waals surface area (Å²) in [5, 5.41) is 0. The molecule has 5 rings (SSSR count). The quantitative estimate of drug-likeness (QED) is 0.608. The summed E-state index contributed by atoms with van der Waals surface area (Å²) in [4.78, 5) is 17.5. The lowest BCUT2D eigenvalue weighted by Gasteiger charge is -2.36. The lowest BCUT2D eigenvalue weighted by atomic mass is 10.0. The molecule has 0 spiro atoms. The summed E-state index contributed by atoms with van der Waals surface area (Å²) in [5.41, 5.74) is 2.07. The summed E-state index contributed by atoms with van der Waals surface area (Å²) in [5.74, 6) is 0.0888. The van der Waals surface area contributed by atoms with Gasteiger partial charge in [0.15, 0.2) is 0 Å². The molecule has 1 amide bonds. The minimum absolute atomic E-state index is 0.0274. The van der Waals surface area contributed by atoms with Crippen LogP contribution in [-0.2, 0) is 21.2 Å². The van der Waals surface area contributed by atoms with Gasteiger partial charge in [-0.05, 0) is 55.5 Å². The maximum Gasteiger partial charge on any atom is 0.268 e. The summed E-state index contributed by atoms with van der Waals surface area (Å²) < 4.78 is 40.2. The number of piperazine rings is 1. The number of rotatable bonds is 6. The molecule has 0 saturated carbocycles. The first-order chi connectivity index (χ1) is 17.0. The molecule has 0 aromatic heterocycles. The second kappa shape index (κ2) is 10.2. The molecule has 2 saturated heterocycles. The Balaban J connectivity index is 1.35. The highest BCUT2D eigenvalue weighted by atomic mass is 32.2. The molecule has 0 unspecified atom stereocenters. The molecule has 3 aliphatic rings. The number of anilines is 1. The summed E-state index contributed by atoms with van der Waals surface area (Å²) in [7, 11) is -2.46. The first-order valence-corrected chi connectivity index (χ1v) is 13.8. The standard InChI is InChI=1S/C26H33N3O5S/c1-33-24-11-10-21(26(30)28-15-13-27(14-16-28)19-22-8-5-17-34-22)18-25(24)35(31,32)29-12-4-7-20-6-2-3-9-23(20)29/h2-3,6,9-11,18,22H,4-5,7-8,12-17,19H2,1H3/t22-/m1/s1. The van der Waals surface area contributed by atoms with E-state index in [4.69, 9.17) is 9.47 Å². The predicted octanol–water partition coefficient (Wildman–Crippen LogP) is 2.77. The maximum atomic E-state index is 13.8. The van der Waals surface area contributed by atoms with Crippen LogP contribution < -0.4 is 9.04 Å². The Morgan fingerprint density at radius 2 is 1.86 bits per heavy atom. The number of hydrogen-bond donors (Lipinski definition) is 0. The van der Waals surface area contributed by atoms with Crippen molar-refractivity contribution in [2.75, 3.05) is 57.3 Å². The predicted molar refractivity (Wildman–Crippen MR) is 134 cm³/mol. The maximum absolute atomic E-state index is 13.8. The van der Waals surface area contributed by atoms with Crippen molar-refractivity contribution < 1.29 is 22.7 Å². The van der Waals surface area contributed by atoms with E-state index >= 15 is 0 Å². The number of carbonyl (C=O) groups excluding carboxylic acids is 1. The van der Waals surface area contributed by atoms with Crippen LogP contribution in [-0.4, -0.2) is 83.2 Å². The van der Waals surface area contributed by atoms with Crippen LogP contribution in [0.5, 0.6) is 5.75 Å². The average Bonchev–Trinajstić information content (AvgIpc) is 3.41. The second-order valence-corrected chi connectivity index (χ2v) is 11.2. The molecule has 8 nitrogen and oxygen atoms in total. The molecule has 35 heavy (non-hydrogen) atoms. The smallest absolute Gasteiger partial charge is 0.268 e. The fraction of sp³-hybridized carbons (Fsp3) is 0.500. The van der Waals surface area contributed by atoms with Gasteiger partial charge < -0.3 is 14.4 Å². The van der Waals surface area contributed by atoms with Crippen LogP contribution in [0.2, 0.25) is 0 Å². The number of sulfonamides is 1. The highest BCUT2D eigenvalue weighted by molar-refractivity contribution is 7.93. The number of fused-ring (bicyclic) bond motifs is 1. The third-order valence-electron chi connectivity index (χ3n) is 7.19. The van der Waals surface area contributed by atoms with E-state index in [0.29, 0.717) is 37.0 Å². The van der Waals surface area contributed by atoms with E-state index in [1.54, 1.807) is 17.0 Å². The zero-order chi connectivity index (χ0) is 24.4. The molecule has 2 aromatic rings. The third-order valence-corrected chi connectivity index (χ3v) is 9.03. The van der Waals surface area contributed by atoms with E-state index in [-0.39, 0.29) is 16.6 Å². The molecule has 0 radical (unpaired) electrons. The number of ether oxygens (including phenoxy) is 2. The number of benzene rings is 2. The van der Waals surface area contributed by atoms with Gasteiger partial charge in [0.2, 0.25) is 0 Å². The van der Waals surface area contributed by atoms with E-state index in [2.05, 4.69) is 4.90 Å². The highest BCUT2D eigenvalue weighted by Crippen LogP contribution is 2.35. The minimum Gasteiger partial charge on any atom is -0.495 e. The molecule has 1 atom stereocenters. The van der Waals surface area contributed by atoms with Crippen molar-refractivity contribution in [3.05, 3.63) is 53.6 Å². The van der Waals surface area contributed by atoms with Gasteiger partial charge in [-0.25, -0.2) is 8.42 Å². The van der Waals surface area contributed by atoms with Crippen molar-refractivity contribution in [1.82, 2.24) is 9.80 Å². The molecule has 3 aliphatic heterocycles. The van der Waals surface area contributed by atoms with Gasteiger partial charge in [0.05, 0.1) is 18.9 Å². The largest absolute Gasteiger partial charge is 0.495 e. The van der Waals surface area contributed by atoms with Crippen LogP contribution in [0.25, 0.3) is 0 Å². The molecule has 3 heterocycles. The second-order valence-electron chi connectivity index (χ2n) is 9.40. The van der Waals surface area contributed by atoms with E-state index in [1.165, 1.54) is 17.5 Å². The normalized spacial score (nSPS) is 21.1. The topological polar surface area (TPSA) is 79.4 Å². The lowest BCUT2D eigenvalue weighted by molar-refractivity contribution is 0.0432. The summed E-state index contributed by atoms with van der Waals surface area (Å²) in [6.07, 6.45) is 4.11. The molecule has 2 aromatic carbocycles. The fourth-order valence-electron chi connectivity index (χ4n) is 5.27. The lowest BCUT2D eigenvalue weighted by Crippen LogP contribution is -2.50. The molecule has 9 heteroatoms.